The molecule has 0 aromatic heterocycles. The molecule has 1 rings (SSSR count). The molecule has 1 aromatic rings. The highest BCUT2D eigenvalue weighted by molar-refractivity contribution is 7.84. The van der Waals surface area contributed by atoms with Crippen LogP contribution in [0.1, 0.15) is 22.8 Å². The first-order valence-corrected chi connectivity index (χ1v) is 7.97. The molecule has 1 unspecified atom stereocenters. The summed E-state index contributed by atoms with van der Waals surface area (Å²) in [6.45, 7) is 1.96. The molecule has 1 atom stereocenters. The second-order valence-electron chi connectivity index (χ2n) is 3.84. The number of aliphatic hydroxyl groups excluding tert-OH is 1. The summed E-state index contributed by atoms with van der Waals surface area (Å²) in [6, 6.07) is 4.76. The Bertz CT molecular complexity index is 563. The zero-order chi connectivity index (χ0) is 15.0. The number of benzene rings is 1. The molecule has 0 spiro atoms. The molecule has 0 aliphatic carbocycles. The minimum atomic E-state index is -0.894. The van der Waals surface area contributed by atoms with Crippen LogP contribution in [0.25, 0.3) is 0 Å². The SMILES string of the molecule is CCS(=O)CCNC(=O)c1ccc(C#CCO)c(Cl)c1. The van der Waals surface area contributed by atoms with E-state index in [1.807, 2.05) is 6.92 Å². The highest BCUT2D eigenvalue weighted by Crippen LogP contribution is 2.16. The Labute approximate surface area is 126 Å². The van der Waals surface area contributed by atoms with Crippen LogP contribution in [0.15, 0.2) is 18.2 Å². The first-order valence-electron chi connectivity index (χ1n) is 6.11. The topological polar surface area (TPSA) is 66.4 Å². The molecular weight excluding hydrogens is 298 g/mol. The van der Waals surface area contributed by atoms with Gasteiger partial charge in [0, 0.05) is 40.0 Å². The van der Waals surface area contributed by atoms with Gasteiger partial charge in [-0.1, -0.05) is 30.4 Å². The van der Waals surface area contributed by atoms with E-state index in [0.29, 0.717) is 34.2 Å². The van der Waals surface area contributed by atoms with Gasteiger partial charge in [-0.15, -0.1) is 0 Å². The maximum Gasteiger partial charge on any atom is 0.251 e. The van der Waals surface area contributed by atoms with Crippen LogP contribution < -0.4 is 5.32 Å². The maximum absolute atomic E-state index is 11.8. The van der Waals surface area contributed by atoms with E-state index in [0.717, 1.165) is 0 Å². The summed E-state index contributed by atoms with van der Waals surface area (Å²) < 4.78 is 11.2. The van der Waals surface area contributed by atoms with E-state index in [4.69, 9.17) is 16.7 Å². The number of rotatable bonds is 5. The summed E-state index contributed by atoms with van der Waals surface area (Å²) in [5, 5.41) is 11.7. The molecule has 1 amide bonds. The third kappa shape index (κ3) is 5.33. The van der Waals surface area contributed by atoms with Crippen molar-refractivity contribution in [3.8, 4) is 11.8 Å². The molecule has 0 aliphatic rings. The van der Waals surface area contributed by atoms with Gasteiger partial charge < -0.3 is 10.4 Å². The third-order valence-corrected chi connectivity index (χ3v) is 4.09. The zero-order valence-electron chi connectivity index (χ0n) is 11.1. The molecule has 0 saturated carbocycles. The third-order valence-electron chi connectivity index (χ3n) is 2.47. The van der Waals surface area contributed by atoms with E-state index in [2.05, 4.69) is 17.2 Å². The van der Waals surface area contributed by atoms with Crippen LogP contribution in [-0.2, 0) is 10.8 Å². The molecule has 0 fully saturated rings. The van der Waals surface area contributed by atoms with Crippen LogP contribution in [0.4, 0.5) is 0 Å². The molecule has 20 heavy (non-hydrogen) atoms. The number of hydrogen-bond donors (Lipinski definition) is 2. The minimum absolute atomic E-state index is 0.243. The second kappa shape index (κ2) is 8.75. The minimum Gasteiger partial charge on any atom is -0.384 e. The zero-order valence-corrected chi connectivity index (χ0v) is 12.7. The molecule has 4 nitrogen and oxygen atoms in total. The van der Waals surface area contributed by atoms with Crippen molar-refractivity contribution in [2.75, 3.05) is 24.7 Å². The number of amides is 1. The van der Waals surface area contributed by atoms with Crippen LogP contribution in [0, 0.1) is 11.8 Å². The van der Waals surface area contributed by atoms with Crippen LogP contribution in [-0.4, -0.2) is 39.9 Å². The maximum atomic E-state index is 11.8. The van der Waals surface area contributed by atoms with Crippen molar-refractivity contribution in [2.45, 2.75) is 6.92 Å². The van der Waals surface area contributed by atoms with Crippen LogP contribution in [0.2, 0.25) is 5.02 Å². The van der Waals surface area contributed by atoms with E-state index < -0.39 is 10.8 Å². The summed E-state index contributed by atoms with van der Waals surface area (Å²) in [6.07, 6.45) is 0. The highest BCUT2D eigenvalue weighted by atomic mass is 35.5. The number of hydrogen-bond acceptors (Lipinski definition) is 3. The average Bonchev–Trinajstić information content (AvgIpc) is 2.45. The lowest BCUT2D eigenvalue weighted by Gasteiger charge is -2.06. The highest BCUT2D eigenvalue weighted by Gasteiger charge is 2.08. The number of nitrogens with one attached hydrogen (secondary N) is 1. The van der Waals surface area contributed by atoms with Crippen molar-refractivity contribution in [3.05, 3.63) is 34.3 Å². The monoisotopic (exact) mass is 313 g/mol. The molecule has 0 bridgehead atoms. The Kier molecular flexibility index (Phi) is 7.31. The lowest BCUT2D eigenvalue weighted by Crippen LogP contribution is -2.28. The van der Waals surface area contributed by atoms with Gasteiger partial charge in [-0.2, -0.15) is 0 Å². The molecule has 6 heteroatoms. The summed E-state index contributed by atoms with van der Waals surface area (Å²) >= 11 is 6.00. The second-order valence-corrected chi connectivity index (χ2v) is 6.12. The molecule has 0 radical (unpaired) electrons. The Balaban J connectivity index is 2.65. The summed E-state index contributed by atoms with van der Waals surface area (Å²) in [4.78, 5) is 11.8. The van der Waals surface area contributed by atoms with E-state index in [-0.39, 0.29) is 12.5 Å². The van der Waals surface area contributed by atoms with E-state index in [1.54, 1.807) is 12.1 Å². The van der Waals surface area contributed by atoms with Gasteiger partial charge in [-0.25, -0.2) is 0 Å². The van der Waals surface area contributed by atoms with Crippen molar-refractivity contribution >= 4 is 28.3 Å². The average molecular weight is 314 g/mol. The number of aliphatic hydroxyl groups is 1. The number of carbonyl (C=O) groups is 1. The fourth-order valence-electron chi connectivity index (χ4n) is 1.42. The fourth-order valence-corrected chi connectivity index (χ4v) is 2.26. The van der Waals surface area contributed by atoms with Crippen molar-refractivity contribution in [3.63, 3.8) is 0 Å². The molecule has 108 valence electrons. The Morgan fingerprint density at radius 3 is 2.85 bits per heavy atom. The van der Waals surface area contributed by atoms with Crippen LogP contribution in [0.3, 0.4) is 0 Å². The van der Waals surface area contributed by atoms with Gasteiger partial charge in [0.25, 0.3) is 5.91 Å². The van der Waals surface area contributed by atoms with E-state index in [9.17, 15) is 9.00 Å². The smallest absolute Gasteiger partial charge is 0.251 e. The number of halogens is 1. The predicted molar refractivity (Wildman–Crippen MR) is 81.3 cm³/mol. The van der Waals surface area contributed by atoms with Crippen molar-refractivity contribution in [2.24, 2.45) is 0 Å². The van der Waals surface area contributed by atoms with E-state index in [1.165, 1.54) is 6.07 Å². The quantitative estimate of drug-likeness (QED) is 0.802. The largest absolute Gasteiger partial charge is 0.384 e. The van der Waals surface area contributed by atoms with Crippen molar-refractivity contribution in [1.82, 2.24) is 5.32 Å². The van der Waals surface area contributed by atoms with Crippen molar-refractivity contribution < 1.29 is 14.1 Å². The number of carbonyl (C=O) groups excluding carboxylic acids is 1. The van der Waals surface area contributed by atoms with Crippen LogP contribution >= 0.6 is 11.6 Å². The summed E-state index contributed by atoms with van der Waals surface area (Å²) in [5.74, 6) is 5.95. The van der Waals surface area contributed by atoms with Gasteiger partial charge >= 0.3 is 0 Å². The Hall–Kier alpha value is -1.35. The standard InChI is InChI=1S/C14H16ClNO3S/c1-2-20(19)9-7-16-14(18)12-6-5-11(4-3-8-17)13(15)10-12/h5-6,10,17H,2,7-9H2,1H3,(H,16,18). The normalized spacial score (nSPS) is 11.3. The molecule has 0 heterocycles. The first kappa shape index (κ1) is 16.7. The van der Waals surface area contributed by atoms with Crippen molar-refractivity contribution in [1.29, 1.82) is 0 Å². The van der Waals surface area contributed by atoms with E-state index >= 15 is 0 Å². The Morgan fingerprint density at radius 2 is 2.25 bits per heavy atom. The predicted octanol–water partition coefficient (Wildman–Crippen LogP) is 1.18. The molecule has 0 aliphatic heterocycles. The summed E-state index contributed by atoms with van der Waals surface area (Å²) in [5.41, 5.74) is 0.983. The molecule has 2 N–H and O–H groups in total. The molecule has 1 aromatic carbocycles. The molecular formula is C14H16ClNO3S. The van der Waals surface area contributed by atoms with Gasteiger partial charge in [0.15, 0.2) is 0 Å². The van der Waals surface area contributed by atoms with Gasteiger partial charge in [0.1, 0.15) is 6.61 Å². The van der Waals surface area contributed by atoms with Gasteiger partial charge in [0.05, 0.1) is 5.02 Å². The molecule has 0 saturated heterocycles. The van der Waals surface area contributed by atoms with Gasteiger partial charge in [0.2, 0.25) is 0 Å². The fraction of sp³-hybridized carbons (Fsp3) is 0.357. The van der Waals surface area contributed by atoms with Crippen LogP contribution in [0.5, 0.6) is 0 Å². The Morgan fingerprint density at radius 1 is 1.50 bits per heavy atom. The summed E-state index contributed by atoms with van der Waals surface area (Å²) in [7, 11) is -0.894. The first-order chi connectivity index (χ1) is 9.58. The lowest BCUT2D eigenvalue weighted by atomic mass is 10.1. The van der Waals surface area contributed by atoms with Gasteiger partial charge in [-0.05, 0) is 18.2 Å². The van der Waals surface area contributed by atoms with Gasteiger partial charge in [-0.3, -0.25) is 9.00 Å². The lowest BCUT2D eigenvalue weighted by molar-refractivity contribution is 0.0956.